The van der Waals surface area contributed by atoms with Gasteiger partial charge >= 0.3 is 0 Å². The first-order valence-corrected chi connectivity index (χ1v) is 21.2. The average molecular weight is 737 g/mol. The maximum absolute atomic E-state index is 6.33. The minimum Gasteiger partial charge on any atom is -0.377 e. The van der Waals surface area contributed by atoms with Gasteiger partial charge in [0.25, 0.3) is 0 Å². The molecule has 0 saturated heterocycles. The summed E-state index contributed by atoms with van der Waals surface area (Å²) < 4.78 is 19.0. The van der Waals surface area contributed by atoms with Gasteiger partial charge in [0.05, 0.1) is 41.1 Å². The van der Waals surface area contributed by atoms with E-state index in [1.807, 2.05) is 21.3 Å². The van der Waals surface area contributed by atoms with E-state index < -0.39 is 0 Å². The van der Waals surface area contributed by atoms with E-state index in [4.69, 9.17) is 24.2 Å². The van der Waals surface area contributed by atoms with Crippen LogP contribution in [0.15, 0.2) is 24.3 Å². The molecule has 3 aromatic rings. The van der Waals surface area contributed by atoms with Crippen molar-refractivity contribution in [2.45, 2.75) is 155 Å². The molecule has 5 heterocycles. The number of fused-ring (bicyclic) bond motifs is 8. The molecular formula is C47H68N4O3. The van der Waals surface area contributed by atoms with Gasteiger partial charge in [-0.25, -0.2) is 9.97 Å². The summed E-state index contributed by atoms with van der Waals surface area (Å²) >= 11 is 0. The van der Waals surface area contributed by atoms with E-state index >= 15 is 0 Å². The van der Waals surface area contributed by atoms with Crippen LogP contribution in [0.1, 0.15) is 194 Å². The van der Waals surface area contributed by atoms with Gasteiger partial charge in [0, 0.05) is 65.7 Å². The summed E-state index contributed by atoms with van der Waals surface area (Å²) in [6.07, 6.45) is 27.3. The van der Waals surface area contributed by atoms with Gasteiger partial charge in [-0.05, 0) is 80.7 Å². The van der Waals surface area contributed by atoms with Gasteiger partial charge in [0.15, 0.2) is 0 Å². The summed E-state index contributed by atoms with van der Waals surface area (Å²) in [4.78, 5) is 18.7. The first-order valence-electron chi connectivity index (χ1n) is 21.2. The lowest BCUT2D eigenvalue weighted by Gasteiger charge is -2.18. The Hall–Kier alpha value is -3.52. The number of H-pyrrole nitrogens is 2. The molecule has 0 radical (unpaired) electrons. The molecule has 7 nitrogen and oxygen atoms in total. The highest BCUT2D eigenvalue weighted by Crippen LogP contribution is 2.37. The second-order valence-electron chi connectivity index (χ2n) is 15.2. The maximum atomic E-state index is 6.33. The molecule has 2 aliphatic rings. The van der Waals surface area contributed by atoms with Crippen LogP contribution in [0.2, 0.25) is 0 Å². The second-order valence-corrected chi connectivity index (χ2v) is 15.2. The molecule has 0 aliphatic carbocycles. The standard InChI is InChI=1S/C47H68N4O3/c1-8-12-16-20-21-33-34-25-27-36(48-34)45(42(52-5)22-17-13-9-2)38-29-31-40(50-38)47(44(54-7)24-19-15-11-4)41-32-30-39(51-41)46(37-28-26-35(33)49-37)43(53-6)23-18-14-10-3/h25-32,42-44,50-51H,8-24H2,1-7H3. The summed E-state index contributed by atoms with van der Waals surface area (Å²) in [7, 11) is 5.52. The van der Waals surface area contributed by atoms with E-state index in [9.17, 15) is 0 Å². The van der Waals surface area contributed by atoms with Gasteiger partial charge in [0.1, 0.15) is 0 Å². The van der Waals surface area contributed by atoms with Gasteiger partial charge < -0.3 is 24.2 Å². The van der Waals surface area contributed by atoms with Crippen molar-refractivity contribution >= 4 is 46.4 Å². The Bertz CT molecular complexity index is 1730. The van der Waals surface area contributed by atoms with E-state index in [1.165, 1.54) is 44.1 Å². The van der Waals surface area contributed by atoms with E-state index in [0.717, 1.165) is 132 Å². The molecule has 0 aromatic carbocycles. The summed E-state index contributed by atoms with van der Waals surface area (Å²) in [5.74, 6) is 0. The Morgan fingerprint density at radius 1 is 0.444 bits per heavy atom. The lowest BCUT2D eigenvalue weighted by atomic mass is 10.0. The number of hydrogen-bond donors (Lipinski definition) is 2. The third-order valence-corrected chi connectivity index (χ3v) is 11.3. The zero-order valence-electron chi connectivity index (χ0n) is 34.5. The van der Waals surface area contributed by atoms with Gasteiger partial charge in [0.2, 0.25) is 0 Å². The van der Waals surface area contributed by atoms with Crippen LogP contribution < -0.4 is 0 Å². The molecule has 8 bridgehead atoms. The minimum absolute atomic E-state index is 0.0944. The highest BCUT2D eigenvalue weighted by Gasteiger charge is 2.24. The van der Waals surface area contributed by atoms with Crippen molar-refractivity contribution in [3.05, 3.63) is 69.3 Å². The lowest BCUT2D eigenvalue weighted by molar-refractivity contribution is 0.0938. The summed E-state index contributed by atoms with van der Waals surface area (Å²) in [5, 5.41) is 0. The molecule has 7 heteroatoms. The quantitative estimate of drug-likeness (QED) is 0.0652. The van der Waals surface area contributed by atoms with Crippen LogP contribution in [-0.2, 0) is 20.6 Å². The molecule has 0 amide bonds. The van der Waals surface area contributed by atoms with Crippen LogP contribution >= 0.6 is 0 Å². The molecule has 3 atom stereocenters. The van der Waals surface area contributed by atoms with Crippen molar-refractivity contribution in [1.82, 2.24) is 19.9 Å². The van der Waals surface area contributed by atoms with Crippen molar-refractivity contribution in [3.8, 4) is 0 Å². The zero-order valence-corrected chi connectivity index (χ0v) is 34.5. The first-order chi connectivity index (χ1) is 26.5. The number of aromatic nitrogens is 4. The predicted octanol–water partition coefficient (Wildman–Crippen LogP) is 13.6. The fourth-order valence-electron chi connectivity index (χ4n) is 8.22. The Kier molecular flexibility index (Phi) is 16.6. The van der Waals surface area contributed by atoms with E-state index in [2.05, 4.69) is 86.2 Å². The Morgan fingerprint density at radius 2 is 0.796 bits per heavy atom. The van der Waals surface area contributed by atoms with Gasteiger partial charge in [-0.15, -0.1) is 0 Å². The molecule has 54 heavy (non-hydrogen) atoms. The van der Waals surface area contributed by atoms with Crippen molar-refractivity contribution in [3.63, 3.8) is 0 Å². The Morgan fingerprint density at radius 3 is 1.19 bits per heavy atom. The molecule has 0 saturated carbocycles. The molecule has 3 aromatic heterocycles. The number of hydrogen-bond acceptors (Lipinski definition) is 5. The van der Waals surface area contributed by atoms with Crippen LogP contribution in [-0.4, -0.2) is 41.3 Å². The van der Waals surface area contributed by atoms with Gasteiger partial charge in [-0.2, -0.15) is 0 Å². The third-order valence-electron chi connectivity index (χ3n) is 11.3. The second kappa shape index (κ2) is 21.5. The minimum atomic E-state index is -0.0968. The van der Waals surface area contributed by atoms with Crippen LogP contribution in [0, 0.1) is 0 Å². The predicted molar refractivity (Wildman–Crippen MR) is 228 cm³/mol. The van der Waals surface area contributed by atoms with Crippen LogP contribution in [0.3, 0.4) is 0 Å². The van der Waals surface area contributed by atoms with Crippen molar-refractivity contribution in [2.24, 2.45) is 0 Å². The van der Waals surface area contributed by atoms with Crippen LogP contribution in [0.25, 0.3) is 46.4 Å². The molecule has 3 unspecified atom stereocenters. The van der Waals surface area contributed by atoms with Gasteiger partial charge in [-0.3, -0.25) is 0 Å². The molecular weight excluding hydrogens is 669 g/mol. The number of nitrogens with one attached hydrogen (secondary N) is 2. The monoisotopic (exact) mass is 737 g/mol. The lowest BCUT2D eigenvalue weighted by Crippen LogP contribution is -2.06. The number of unbranched alkanes of at least 4 members (excludes halogenated alkanes) is 9. The molecule has 294 valence electrons. The van der Waals surface area contributed by atoms with E-state index in [0.29, 0.717) is 0 Å². The number of nitrogens with zero attached hydrogens (tertiary/aromatic N) is 2. The van der Waals surface area contributed by atoms with Crippen molar-refractivity contribution in [1.29, 1.82) is 0 Å². The van der Waals surface area contributed by atoms with Gasteiger partial charge in [-0.1, -0.05) is 105 Å². The van der Waals surface area contributed by atoms with E-state index in [1.54, 1.807) is 0 Å². The maximum Gasteiger partial charge on any atom is 0.0862 e. The van der Waals surface area contributed by atoms with Crippen LogP contribution in [0.4, 0.5) is 0 Å². The first kappa shape index (κ1) is 41.6. The smallest absolute Gasteiger partial charge is 0.0862 e. The molecule has 2 N–H and O–H groups in total. The molecule has 5 rings (SSSR count). The summed E-state index contributed by atoms with van der Waals surface area (Å²) in [5.41, 5.74) is 12.7. The van der Waals surface area contributed by atoms with Crippen molar-refractivity contribution in [2.75, 3.05) is 21.3 Å². The SMILES string of the molecule is CCCCCCc1c2nc(c(C(CCCCC)OC)c3ccc([nH]3)c(C(CCCCC)OC)c3ccc([nH]3)c(C(CCCCC)OC)c3nc1C=C3)C=C2. The fourth-order valence-corrected chi connectivity index (χ4v) is 8.22. The van der Waals surface area contributed by atoms with E-state index in [-0.39, 0.29) is 18.3 Å². The summed E-state index contributed by atoms with van der Waals surface area (Å²) in [6.45, 7) is 9.03. The third kappa shape index (κ3) is 10.2. The fraction of sp³-hybridized carbons (Fsp3) is 0.574. The normalized spacial score (nSPS) is 14.2. The number of aromatic amines is 2. The highest BCUT2D eigenvalue weighted by molar-refractivity contribution is 5.84. The number of ether oxygens (including phenoxy) is 3. The molecule has 2 aliphatic heterocycles. The van der Waals surface area contributed by atoms with Crippen molar-refractivity contribution < 1.29 is 14.2 Å². The average Bonchev–Trinajstić information content (AvgIpc) is 4.03. The largest absolute Gasteiger partial charge is 0.377 e. The Balaban J connectivity index is 1.89. The zero-order chi connectivity index (χ0) is 38.3. The Labute approximate surface area is 325 Å². The number of methoxy groups -OCH3 is 3. The molecule has 0 fully saturated rings. The summed E-state index contributed by atoms with van der Waals surface area (Å²) in [6, 6.07) is 8.89. The number of rotatable bonds is 23. The topological polar surface area (TPSA) is 85.0 Å². The van der Waals surface area contributed by atoms with Crippen LogP contribution in [0.5, 0.6) is 0 Å². The molecule has 0 spiro atoms. The highest BCUT2D eigenvalue weighted by atomic mass is 16.5.